The highest BCUT2D eigenvalue weighted by atomic mass is 16.5. The van der Waals surface area contributed by atoms with Crippen LogP contribution in [0.2, 0.25) is 0 Å². The maximum absolute atomic E-state index is 5.58. The molecule has 0 heterocycles. The number of likely N-dealkylation sites (N-methyl/N-ethyl adjacent to an activating group) is 1. The molecule has 0 spiro atoms. The second kappa shape index (κ2) is 7.30. The summed E-state index contributed by atoms with van der Waals surface area (Å²) in [4.78, 5) is 2.30. The first-order valence-electron chi connectivity index (χ1n) is 6.18. The van der Waals surface area contributed by atoms with Crippen LogP contribution in [0.5, 0.6) is 0 Å². The molecule has 2 N–H and O–H groups in total. The summed E-state index contributed by atoms with van der Waals surface area (Å²) in [6.07, 6.45) is 2.10. The number of hydrogen-bond donors (Lipinski definition) is 1. The molecule has 96 valence electrons. The van der Waals surface area contributed by atoms with Crippen LogP contribution in [0.4, 0.5) is 5.69 Å². The van der Waals surface area contributed by atoms with Crippen molar-refractivity contribution in [2.24, 2.45) is 5.73 Å². The van der Waals surface area contributed by atoms with Gasteiger partial charge in [0.2, 0.25) is 0 Å². The van der Waals surface area contributed by atoms with Crippen LogP contribution < -0.4 is 10.6 Å². The van der Waals surface area contributed by atoms with E-state index in [-0.39, 0.29) is 0 Å². The van der Waals surface area contributed by atoms with E-state index in [9.17, 15) is 0 Å². The second-order valence-electron chi connectivity index (χ2n) is 4.44. The Morgan fingerprint density at radius 2 is 2.06 bits per heavy atom. The first kappa shape index (κ1) is 14.0. The van der Waals surface area contributed by atoms with E-state index in [0.717, 1.165) is 26.0 Å². The highest BCUT2D eigenvalue weighted by Gasteiger charge is 2.15. The number of aryl methyl sites for hydroxylation is 1. The zero-order chi connectivity index (χ0) is 12.7. The number of nitrogens with zero attached hydrogens (tertiary/aromatic N) is 1. The van der Waals surface area contributed by atoms with Crippen molar-refractivity contribution in [2.75, 3.05) is 32.2 Å². The molecule has 1 unspecified atom stereocenters. The SMILES string of the molecule is COCC(CCCN)N(C)c1ccccc1C. The van der Waals surface area contributed by atoms with E-state index in [1.807, 2.05) is 0 Å². The van der Waals surface area contributed by atoms with Crippen LogP contribution in [-0.4, -0.2) is 33.4 Å². The van der Waals surface area contributed by atoms with Gasteiger partial charge in [0.25, 0.3) is 0 Å². The Kier molecular flexibility index (Phi) is 6.01. The number of rotatable bonds is 7. The molecule has 17 heavy (non-hydrogen) atoms. The van der Waals surface area contributed by atoms with E-state index < -0.39 is 0 Å². The summed E-state index contributed by atoms with van der Waals surface area (Å²) >= 11 is 0. The number of hydrogen-bond acceptors (Lipinski definition) is 3. The molecule has 0 saturated heterocycles. The van der Waals surface area contributed by atoms with Crippen molar-refractivity contribution in [1.82, 2.24) is 0 Å². The van der Waals surface area contributed by atoms with E-state index in [2.05, 4.69) is 43.1 Å². The molecule has 0 aromatic heterocycles. The normalized spacial score (nSPS) is 12.5. The number of nitrogens with two attached hydrogens (primary N) is 1. The van der Waals surface area contributed by atoms with Crippen LogP contribution in [0.3, 0.4) is 0 Å². The topological polar surface area (TPSA) is 38.5 Å². The van der Waals surface area contributed by atoms with Crippen molar-refractivity contribution < 1.29 is 4.74 Å². The third-order valence-electron chi connectivity index (χ3n) is 3.14. The third kappa shape index (κ3) is 4.02. The number of ether oxygens (including phenoxy) is 1. The second-order valence-corrected chi connectivity index (χ2v) is 4.44. The van der Waals surface area contributed by atoms with Gasteiger partial charge in [0.1, 0.15) is 0 Å². The van der Waals surface area contributed by atoms with Crippen LogP contribution in [0.25, 0.3) is 0 Å². The maximum atomic E-state index is 5.58. The molecule has 1 aromatic rings. The molecular formula is C14H24N2O. The van der Waals surface area contributed by atoms with Gasteiger partial charge in [0.05, 0.1) is 12.6 Å². The van der Waals surface area contributed by atoms with Gasteiger partial charge in [-0.25, -0.2) is 0 Å². The average Bonchev–Trinajstić information content (AvgIpc) is 2.34. The standard InChI is InChI=1S/C14H24N2O/c1-12-7-4-5-9-14(12)16(2)13(11-17-3)8-6-10-15/h4-5,7,9,13H,6,8,10-11,15H2,1-3H3. The molecule has 0 radical (unpaired) electrons. The monoisotopic (exact) mass is 236 g/mol. The van der Waals surface area contributed by atoms with Gasteiger partial charge in [-0.2, -0.15) is 0 Å². The van der Waals surface area contributed by atoms with Crippen molar-refractivity contribution in [3.05, 3.63) is 29.8 Å². The largest absolute Gasteiger partial charge is 0.383 e. The fourth-order valence-electron chi connectivity index (χ4n) is 2.09. The van der Waals surface area contributed by atoms with Crippen LogP contribution >= 0.6 is 0 Å². The van der Waals surface area contributed by atoms with E-state index in [0.29, 0.717) is 6.04 Å². The first-order valence-corrected chi connectivity index (χ1v) is 6.18. The number of benzene rings is 1. The zero-order valence-electron chi connectivity index (χ0n) is 11.1. The Balaban J connectivity index is 2.76. The summed E-state index contributed by atoms with van der Waals surface area (Å²) in [7, 11) is 3.88. The summed E-state index contributed by atoms with van der Waals surface area (Å²) in [5.74, 6) is 0. The molecule has 3 heteroatoms. The lowest BCUT2D eigenvalue weighted by Crippen LogP contribution is -2.36. The molecule has 0 bridgehead atoms. The summed E-state index contributed by atoms with van der Waals surface area (Å²) in [5, 5.41) is 0. The molecule has 0 saturated carbocycles. The maximum Gasteiger partial charge on any atom is 0.0666 e. The molecule has 0 fully saturated rings. The summed E-state index contributed by atoms with van der Waals surface area (Å²) < 4.78 is 5.30. The van der Waals surface area contributed by atoms with Crippen LogP contribution in [0, 0.1) is 6.92 Å². The van der Waals surface area contributed by atoms with Crippen molar-refractivity contribution in [3.63, 3.8) is 0 Å². The van der Waals surface area contributed by atoms with Crippen LogP contribution in [0.1, 0.15) is 18.4 Å². The molecule has 3 nitrogen and oxygen atoms in total. The van der Waals surface area contributed by atoms with E-state index in [1.165, 1.54) is 11.3 Å². The first-order chi connectivity index (χ1) is 8.20. The van der Waals surface area contributed by atoms with E-state index in [1.54, 1.807) is 7.11 Å². The molecule has 0 aliphatic rings. The molecule has 0 amide bonds. The minimum atomic E-state index is 0.393. The van der Waals surface area contributed by atoms with Gasteiger partial charge < -0.3 is 15.4 Å². The molecule has 1 rings (SSSR count). The highest BCUT2D eigenvalue weighted by Crippen LogP contribution is 2.21. The Morgan fingerprint density at radius 1 is 1.35 bits per heavy atom. The molecule has 1 atom stereocenters. The predicted octanol–water partition coefficient (Wildman–Crippen LogP) is 2.19. The van der Waals surface area contributed by atoms with E-state index >= 15 is 0 Å². The lowest BCUT2D eigenvalue weighted by Gasteiger charge is -2.30. The smallest absolute Gasteiger partial charge is 0.0666 e. The average molecular weight is 236 g/mol. The lowest BCUT2D eigenvalue weighted by molar-refractivity contribution is 0.174. The molecular weight excluding hydrogens is 212 g/mol. The fraction of sp³-hybridized carbons (Fsp3) is 0.571. The Bertz CT molecular complexity index is 328. The van der Waals surface area contributed by atoms with Crippen molar-refractivity contribution >= 4 is 5.69 Å². The molecule has 0 aliphatic heterocycles. The zero-order valence-corrected chi connectivity index (χ0v) is 11.1. The fourth-order valence-corrected chi connectivity index (χ4v) is 2.09. The van der Waals surface area contributed by atoms with E-state index in [4.69, 9.17) is 10.5 Å². The molecule has 0 aliphatic carbocycles. The Hall–Kier alpha value is -1.06. The van der Waals surface area contributed by atoms with Gasteiger partial charge in [-0.05, 0) is 37.9 Å². The van der Waals surface area contributed by atoms with Gasteiger partial charge >= 0.3 is 0 Å². The van der Waals surface area contributed by atoms with Crippen LogP contribution in [0.15, 0.2) is 24.3 Å². The highest BCUT2D eigenvalue weighted by molar-refractivity contribution is 5.53. The van der Waals surface area contributed by atoms with Gasteiger partial charge in [-0.15, -0.1) is 0 Å². The van der Waals surface area contributed by atoms with Gasteiger partial charge in [0, 0.05) is 19.8 Å². The van der Waals surface area contributed by atoms with Gasteiger partial charge in [-0.3, -0.25) is 0 Å². The summed E-state index contributed by atoms with van der Waals surface area (Å²) in [5.41, 5.74) is 8.15. The summed E-state index contributed by atoms with van der Waals surface area (Å²) in [6, 6.07) is 8.83. The Labute approximate surface area is 105 Å². The van der Waals surface area contributed by atoms with Crippen LogP contribution in [-0.2, 0) is 4.74 Å². The minimum absolute atomic E-state index is 0.393. The number of para-hydroxylation sites is 1. The predicted molar refractivity (Wildman–Crippen MR) is 73.5 cm³/mol. The van der Waals surface area contributed by atoms with Crippen molar-refractivity contribution in [3.8, 4) is 0 Å². The third-order valence-corrected chi connectivity index (χ3v) is 3.14. The van der Waals surface area contributed by atoms with Gasteiger partial charge in [-0.1, -0.05) is 18.2 Å². The minimum Gasteiger partial charge on any atom is -0.383 e. The number of anilines is 1. The van der Waals surface area contributed by atoms with Crippen molar-refractivity contribution in [2.45, 2.75) is 25.8 Å². The molecule has 1 aromatic carbocycles. The quantitative estimate of drug-likeness (QED) is 0.788. The van der Waals surface area contributed by atoms with Gasteiger partial charge in [0.15, 0.2) is 0 Å². The Morgan fingerprint density at radius 3 is 2.65 bits per heavy atom. The lowest BCUT2D eigenvalue weighted by atomic mass is 10.1. The number of methoxy groups -OCH3 is 1. The summed E-state index contributed by atoms with van der Waals surface area (Å²) in [6.45, 7) is 3.62. The van der Waals surface area contributed by atoms with Crippen molar-refractivity contribution in [1.29, 1.82) is 0 Å².